The summed E-state index contributed by atoms with van der Waals surface area (Å²) < 4.78 is 4.50. The van der Waals surface area contributed by atoms with Gasteiger partial charge in [-0.3, -0.25) is 9.59 Å². The summed E-state index contributed by atoms with van der Waals surface area (Å²) >= 11 is 0. The Morgan fingerprint density at radius 3 is 2.77 bits per heavy atom. The lowest BCUT2D eigenvalue weighted by molar-refractivity contribution is -0.181. The molecule has 3 N–H and O–H groups in total. The molecule has 8 heteroatoms. The number of hydrogen-bond donors (Lipinski definition) is 3. The van der Waals surface area contributed by atoms with Crippen molar-refractivity contribution in [3.8, 4) is 0 Å². The summed E-state index contributed by atoms with van der Waals surface area (Å²) in [5.74, 6) is -0.119. The van der Waals surface area contributed by atoms with Crippen LogP contribution in [0.5, 0.6) is 0 Å². The second-order valence-corrected chi connectivity index (χ2v) is 10.2. The molecule has 7 atom stereocenters. The molecule has 8 nitrogen and oxygen atoms in total. The zero-order chi connectivity index (χ0) is 22.4. The van der Waals surface area contributed by atoms with E-state index in [2.05, 4.69) is 22.9 Å². The largest absolute Gasteiger partial charge is 0.428 e. The molecule has 3 saturated carbocycles. The third-order valence-corrected chi connectivity index (χ3v) is 9.04. The summed E-state index contributed by atoms with van der Waals surface area (Å²) in [6.07, 6.45) is 6.15. The zero-order valence-corrected chi connectivity index (χ0v) is 18.2. The van der Waals surface area contributed by atoms with Gasteiger partial charge in [-0.15, -0.1) is 0 Å². The minimum Gasteiger partial charge on any atom is -0.428 e. The fourth-order valence-corrected chi connectivity index (χ4v) is 7.53. The molecule has 0 amide bonds. The number of allylic oxidation sites excluding steroid dienone is 2. The molecule has 3 unspecified atom stereocenters. The van der Waals surface area contributed by atoms with Gasteiger partial charge in [0.15, 0.2) is 5.78 Å². The standard InChI is InChI=1S/C23H33NO7/c1-21-7-5-15(24-31-13-30-12-26)9-14(21)3-4-16-17-6-8-23(29,19(28)11-25)22(17,2)10-18(27)20(16)21/h9,12,16-18,20,25,27,29H,3-8,10-11,13H2,1-2H3/t16?,17?,18-,20?,21-,22-,23-/m0/s1. The van der Waals surface area contributed by atoms with E-state index in [4.69, 9.17) is 4.84 Å². The number of carbonyl (C=O) groups is 2. The summed E-state index contributed by atoms with van der Waals surface area (Å²) in [6.45, 7) is 3.57. The fraction of sp³-hybridized carbons (Fsp3) is 0.783. The van der Waals surface area contributed by atoms with Crippen molar-refractivity contribution in [1.82, 2.24) is 0 Å². The van der Waals surface area contributed by atoms with Crippen molar-refractivity contribution in [2.75, 3.05) is 13.4 Å². The molecule has 0 spiro atoms. The molecule has 4 aliphatic rings. The second kappa shape index (κ2) is 7.98. The summed E-state index contributed by atoms with van der Waals surface area (Å²) in [6, 6.07) is 0. The van der Waals surface area contributed by atoms with Gasteiger partial charge >= 0.3 is 0 Å². The number of aliphatic hydroxyl groups is 3. The van der Waals surface area contributed by atoms with Crippen LogP contribution in [0.1, 0.15) is 58.8 Å². The van der Waals surface area contributed by atoms with Crippen LogP contribution < -0.4 is 0 Å². The van der Waals surface area contributed by atoms with E-state index in [-0.39, 0.29) is 30.0 Å². The van der Waals surface area contributed by atoms with Gasteiger partial charge < -0.3 is 24.9 Å². The van der Waals surface area contributed by atoms with Gasteiger partial charge in [-0.25, -0.2) is 0 Å². The van der Waals surface area contributed by atoms with E-state index in [1.165, 1.54) is 5.57 Å². The maximum absolute atomic E-state index is 12.5. The van der Waals surface area contributed by atoms with E-state index in [1.807, 2.05) is 6.92 Å². The van der Waals surface area contributed by atoms with E-state index in [9.17, 15) is 24.9 Å². The van der Waals surface area contributed by atoms with Gasteiger partial charge in [0.2, 0.25) is 0 Å². The highest BCUT2D eigenvalue weighted by Crippen LogP contribution is 2.67. The number of ketones is 1. The fourth-order valence-electron chi connectivity index (χ4n) is 7.53. The Morgan fingerprint density at radius 2 is 2.06 bits per heavy atom. The topological polar surface area (TPSA) is 126 Å². The summed E-state index contributed by atoms with van der Waals surface area (Å²) in [5.41, 5.74) is -0.411. The molecule has 0 aromatic heterocycles. The van der Waals surface area contributed by atoms with Crippen LogP contribution >= 0.6 is 0 Å². The Bertz CT molecular complexity index is 810. The highest BCUT2D eigenvalue weighted by Gasteiger charge is 2.68. The first kappa shape index (κ1) is 22.4. The molecule has 0 heterocycles. The molecular formula is C23H33NO7. The van der Waals surface area contributed by atoms with E-state index < -0.39 is 29.5 Å². The molecule has 3 fully saturated rings. The van der Waals surface area contributed by atoms with Crippen LogP contribution in [0.3, 0.4) is 0 Å². The van der Waals surface area contributed by atoms with Crippen LogP contribution in [-0.2, 0) is 19.2 Å². The van der Waals surface area contributed by atoms with Crippen LogP contribution in [0.15, 0.2) is 16.8 Å². The first-order chi connectivity index (χ1) is 14.7. The van der Waals surface area contributed by atoms with Gasteiger partial charge in [-0.2, -0.15) is 0 Å². The monoisotopic (exact) mass is 435 g/mol. The Hall–Kier alpha value is -1.77. The lowest BCUT2D eigenvalue weighted by Crippen LogP contribution is -2.62. The van der Waals surface area contributed by atoms with Gasteiger partial charge in [0.05, 0.1) is 11.8 Å². The smallest absolute Gasteiger partial charge is 0.296 e. The molecule has 4 rings (SSSR count). The minimum atomic E-state index is -1.57. The molecular weight excluding hydrogens is 402 g/mol. The normalized spacial score (nSPS) is 45.2. The molecule has 0 bridgehead atoms. The Morgan fingerprint density at radius 1 is 1.29 bits per heavy atom. The van der Waals surface area contributed by atoms with Gasteiger partial charge in [0, 0.05) is 5.41 Å². The van der Waals surface area contributed by atoms with Crippen LogP contribution in [-0.4, -0.2) is 58.4 Å². The predicted molar refractivity (Wildman–Crippen MR) is 111 cm³/mol. The van der Waals surface area contributed by atoms with E-state index >= 15 is 0 Å². The van der Waals surface area contributed by atoms with Gasteiger partial charge in [-0.1, -0.05) is 24.6 Å². The zero-order valence-electron chi connectivity index (χ0n) is 18.2. The van der Waals surface area contributed by atoms with E-state index in [0.29, 0.717) is 25.7 Å². The maximum Gasteiger partial charge on any atom is 0.296 e. The van der Waals surface area contributed by atoms with Crippen molar-refractivity contribution in [3.63, 3.8) is 0 Å². The summed E-state index contributed by atoms with van der Waals surface area (Å²) in [5, 5.41) is 36.2. The van der Waals surface area contributed by atoms with Crippen molar-refractivity contribution in [3.05, 3.63) is 11.6 Å². The van der Waals surface area contributed by atoms with Gasteiger partial charge in [0.1, 0.15) is 12.2 Å². The number of carbonyl (C=O) groups excluding carboxylic acids is 2. The number of hydrogen-bond acceptors (Lipinski definition) is 8. The number of aliphatic hydroxyl groups excluding tert-OH is 2. The molecule has 4 aliphatic carbocycles. The van der Waals surface area contributed by atoms with Crippen molar-refractivity contribution in [2.45, 2.75) is 70.5 Å². The quantitative estimate of drug-likeness (QED) is 0.251. The van der Waals surface area contributed by atoms with Crippen molar-refractivity contribution < 1.29 is 34.5 Å². The number of ether oxygens (including phenoxy) is 1. The molecule has 172 valence electrons. The number of fused-ring (bicyclic) bond motifs is 5. The number of oxime groups is 1. The Balaban J connectivity index is 1.60. The minimum absolute atomic E-state index is 0.0537. The van der Waals surface area contributed by atoms with Gasteiger partial charge in [0.25, 0.3) is 13.3 Å². The van der Waals surface area contributed by atoms with Crippen molar-refractivity contribution in [1.29, 1.82) is 0 Å². The van der Waals surface area contributed by atoms with Crippen LogP contribution in [0.25, 0.3) is 0 Å². The molecule has 0 aromatic rings. The maximum atomic E-state index is 12.5. The second-order valence-electron chi connectivity index (χ2n) is 10.2. The summed E-state index contributed by atoms with van der Waals surface area (Å²) in [4.78, 5) is 27.7. The lowest BCUT2D eigenvalue weighted by Gasteiger charge is -2.60. The van der Waals surface area contributed by atoms with E-state index in [1.54, 1.807) is 0 Å². The molecule has 0 saturated heterocycles. The molecule has 0 aliphatic heterocycles. The highest BCUT2D eigenvalue weighted by molar-refractivity contribution is 5.96. The van der Waals surface area contributed by atoms with Crippen LogP contribution in [0.4, 0.5) is 0 Å². The Kier molecular flexibility index (Phi) is 5.77. The number of rotatable bonds is 6. The molecule has 31 heavy (non-hydrogen) atoms. The average Bonchev–Trinajstić information content (AvgIpc) is 3.01. The summed E-state index contributed by atoms with van der Waals surface area (Å²) in [7, 11) is 0. The molecule has 0 aromatic carbocycles. The van der Waals surface area contributed by atoms with E-state index in [0.717, 1.165) is 31.4 Å². The highest BCUT2D eigenvalue weighted by atomic mass is 16.7. The third-order valence-electron chi connectivity index (χ3n) is 9.04. The third kappa shape index (κ3) is 3.26. The number of Topliss-reactive ketones (excluding diaryl/α,β-unsaturated/α-hetero) is 1. The van der Waals surface area contributed by atoms with Crippen molar-refractivity contribution in [2.24, 2.45) is 33.7 Å². The average molecular weight is 436 g/mol. The molecule has 0 radical (unpaired) electrons. The van der Waals surface area contributed by atoms with Crippen LogP contribution in [0.2, 0.25) is 0 Å². The number of nitrogens with zero attached hydrogens (tertiary/aromatic N) is 1. The lowest BCUT2D eigenvalue weighted by atomic mass is 9.45. The Labute approximate surface area is 182 Å². The van der Waals surface area contributed by atoms with Crippen LogP contribution in [0, 0.1) is 28.6 Å². The first-order valence-corrected chi connectivity index (χ1v) is 11.2. The SMILES string of the molecule is C[C@]12CCC(=NOCOC=O)C=C1CCC1C2[C@@H](O)C[C@@]2(C)C1CC[C@]2(O)C(=O)CO. The van der Waals surface area contributed by atoms with Gasteiger partial charge in [-0.05, 0) is 74.2 Å². The predicted octanol–water partition coefficient (Wildman–Crippen LogP) is 1.72. The first-order valence-electron chi connectivity index (χ1n) is 11.2. The van der Waals surface area contributed by atoms with Crippen molar-refractivity contribution >= 4 is 18.0 Å².